The zero-order valence-electron chi connectivity index (χ0n) is 11.2. The molecule has 1 aliphatic rings. The lowest BCUT2D eigenvalue weighted by atomic mass is 9.91. The Balaban J connectivity index is 2.45. The largest absolute Gasteiger partial charge is 0.493 e. The molecule has 1 atom stereocenters. The third-order valence-corrected chi connectivity index (χ3v) is 3.28. The molecule has 0 radical (unpaired) electrons. The summed E-state index contributed by atoms with van der Waals surface area (Å²) in [7, 11) is 0. The van der Waals surface area contributed by atoms with Gasteiger partial charge in [0.2, 0.25) is 0 Å². The Morgan fingerprint density at radius 3 is 2.76 bits per heavy atom. The van der Waals surface area contributed by atoms with E-state index in [1.165, 1.54) is 0 Å². The van der Waals surface area contributed by atoms with Crippen LogP contribution in [0.3, 0.4) is 0 Å². The lowest BCUT2D eigenvalue weighted by molar-refractivity contribution is 0.118. The van der Waals surface area contributed by atoms with Gasteiger partial charge in [0.15, 0.2) is 0 Å². The highest BCUT2D eigenvalue weighted by Crippen LogP contribution is 2.26. The molecule has 0 aliphatic heterocycles. The van der Waals surface area contributed by atoms with Crippen molar-refractivity contribution < 1.29 is 4.74 Å². The number of nitrogens with zero attached hydrogens (tertiary/aromatic N) is 1. The van der Waals surface area contributed by atoms with Crippen LogP contribution in [0.5, 0.6) is 0 Å². The monoisotopic (exact) mass is 233 g/mol. The van der Waals surface area contributed by atoms with E-state index in [2.05, 4.69) is 51.2 Å². The van der Waals surface area contributed by atoms with Crippen LogP contribution in [0.15, 0.2) is 41.3 Å². The number of hydrogen-bond acceptors (Lipinski definition) is 2. The summed E-state index contributed by atoms with van der Waals surface area (Å²) in [6.45, 7) is 14.7. The predicted octanol–water partition coefficient (Wildman–Crippen LogP) is 4.11. The van der Waals surface area contributed by atoms with E-state index in [1.807, 2.05) is 6.08 Å². The first-order chi connectivity index (χ1) is 7.98. The minimum Gasteiger partial charge on any atom is -0.493 e. The lowest BCUT2D eigenvalue weighted by Crippen LogP contribution is -2.18. The van der Waals surface area contributed by atoms with Gasteiger partial charge in [0.05, 0.1) is 6.61 Å². The van der Waals surface area contributed by atoms with Gasteiger partial charge in [0, 0.05) is 11.6 Å². The molecule has 0 saturated heterocycles. The number of aliphatic imine (C=N–C) groups is 1. The van der Waals surface area contributed by atoms with E-state index in [0.29, 0.717) is 0 Å². The van der Waals surface area contributed by atoms with Crippen LogP contribution in [-0.2, 0) is 4.74 Å². The quantitative estimate of drug-likeness (QED) is 0.632. The van der Waals surface area contributed by atoms with Gasteiger partial charge in [-0.15, -0.1) is 0 Å². The van der Waals surface area contributed by atoms with Crippen molar-refractivity contribution in [1.29, 1.82) is 0 Å². The van der Waals surface area contributed by atoms with Gasteiger partial charge in [-0.2, -0.15) is 0 Å². The van der Waals surface area contributed by atoms with Crippen LogP contribution < -0.4 is 0 Å². The molecule has 1 unspecified atom stereocenters. The molecule has 1 rings (SSSR count). The molecule has 1 aliphatic carbocycles. The maximum absolute atomic E-state index is 5.80. The summed E-state index contributed by atoms with van der Waals surface area (Å²) in [5.41, 5.74) is 1.06. The van der Waals surface area contributed by atoms with Gasteiger partial charge in [-0.3, -0.25) is 4.99 Å². The Kier molecular flexibility index (Phi) is 4.73. The molecule has 0 aromatic heterocycles. The minimum absolute atomic E-state index is 0.234. The van der Waals surface area contributed by atoms with Crippen LogP contribution in [0.2, 0.25) is 0 Å². The molecule has 0 heterocycles. The molecule has 0 aromatic rings. The van der Waals surface area contributed by atoms with E-state index in [9.17, 15) is 0 Å². The van der Waals surface area contributed by atoms with E-state index in [4.69, 9.17) is 4.74 Å². The van der Waals surface area contributed by atoms with Gasteiger partial charge in [0.1, 0.15) is 5.76 Å². The first kappa shape index (κ1) is 13.8. The lowest BCUT2D eigenvalue weighted by Gasteiger charge is -2.24. The summed E-state index contributed by atoms with van der Waals surface area (Å²) in [6, 6.07) is 0. The first-order valence-corrected chi connectivity index (χ1v) is 6.15. The molecular formula is C15H23NO. The number of rotatable bonds is 6. The zero-order valence-corrected chi connectivity index (χ0v) is 11.2. The van der Waals surface area contributed by atoms with E-state index in [0.717, 1.165) is 30.9 Å². The summed E-state index contributed by atoms with van der Waals surface area (Å²) in [5.74, 6) is 1.23. The van der Waals surface area contributed by atoms with Gasteiger partial charge < -0.3 is 4.74 Å². The number of hydrogen-bond donors (Lipinski definition) is 0. The number of ether oxygens (including phenoxy) is 1. The van der Waals surface area contributed by atoms with Crippen LogP contribution in [0.1, 0.15) is 33.6 Å². The molecule has 0 N–H and O–H groups in total. The molecule has 0 bridgehead atoms. The van der Waals surface area contributed by atoms with Crippen molar-refractivity contribution >= 4 is 6.72 Å². The Morgan fingerprint density at radius 2 is 2.29 bits per heavy atom. The van der Waals surface area contributed by atoms with Crippen molar-refractivity contribution in [2.75, 3.05) is 6.61 Å². The molecule has 0 spiro atoms. The fraction of sp³-hybridized carbons (Fsp3) is 0.533. The third-order valence-electron chi connectivity index (χ3n) is 3.28. The van der Waals surface area contributed by atoms with Crippen molar-refractivity contribution in [2.24, 2.45) is 16.3 Å². The maximum atomic E-state index is 5.80. The second-order valence-corrected chi connectivity index (χ2v) is 5.26. The molecule has 0 aromatic carbocycles. The molecule has 0 amide bonds. The Morgan fingerprint density at radius 1 is 1.59 bits per heavy atom. The van der Waals surface area contributed by atoms with E-state index in [1.54, 1.807) is 0 Å². The van der Waals surface area contributed by atoms with Crippen molar-refractivity contribution in [1.82, 2.24) is 0 Å². The summed E-state index contributed by atoms with van der Waals surface area (Å²) < 4.78 is 5.80. The zero-order chi connectivity index (χ0) is 12.9. The standard InChI is InChI=1S/C15H23NO/c1-6-15(3,4)11-17-14-9-7-13(8-10-14)12(2)16-5/h7,9-10,13H,2,5-6,8,11H2,1,3-4H3. The van der Waals surface area contributed by atoms with E-state index in [-0.39, 0.29) is 11.3 Å². The third kappa shape index (κ3) is 4.22. The van der Waals surface area contributed by atoms with Crippen molar-refractivity contribution in [3.8, 4) is 0 Å². The van der Waals surface area contributed by atoms with Crippen LogP contribution >= 0.6 is 0 Å². The van der Waals surface area contributed by atoms with Crippen LogP contribution in [-0.4, -0.2) is 13.3 Å². The average molecular weight is 233 g/mol. The maximum Gasteiger partial charge on any atom is 0.115 e. The smallest absolute Gasteiger partial charge is 0.115 e. The SMILES string of the molecule is C=NC(=C)C1C=CC(OCC(C)(C)CC)=CC1. The van der Waals surface area contributed by atoms with Gasteiger partial charge in [-0.25, -0.2) is 0 Å². The van der Waals surface area contributed by atoms with Crippen molar-refractivity contribution in [3.63, 3.8) is 0 Å². The Hall–Kier alpha value is -1.31. The fourth-order valence-electron chi connectivity index (χ4n) is 1.45. The van der Waals surface area contributed by atoms with Crippen molar-refractivity contribution in [3.05, 3.63) is 36.3 Å². The molecule has 0 saturated carbocycles. The van der Waals surface area contributed by atoms with E-state index < -0.39 is 0 Å². The van der Waals surface area contributed by atoms with Crippen LogP contribution in [0.25, 0.3) is 0 Å². The molecule has 2 heteroatoms. The Labute approximate surface area is 105 Å². The molecule has 94 valence electrons. The highest BCUT2D eigenvalue weighted by atomic mass is 16.5. The van der Waals surface area contributed by atoms with E-state index >= 15 is 0 Å². The summed E-state index contributed by atoms with van der Waals surface area (Å²) in [6.07, 6.45) is 8.22. The van der Waals surface area contributed by atoms with Gasteiger partial charge >= 0.3 is 0 Å². The first-order valence-electron chi connectivity index (χ1n) is 6.15. The molecule has 17 heavy (non-hydrogen) atoms. The summed E-state index contributed by atoms with van der Waals surface area (Å²) >= 11 is 0. The molecule has 2 nitrogen and oxygen atoms in total. The van der Waals surface area contributed by atoms with Crippen molar-refractivity contribution in [2.45, 2.75) is 33.6 Å². The predicted molar refractivity (Wildman–Crippen MR) is 74.0 cm³/mol. The summed E-state index contributed by atoms with van der Waals surface area (Å²) in [4.78, 5) is 3.87. The second-order valence-electron chi connectivity index (χ2n) is 5.26. The normalized spacial score (nSPS) is 19.7. The highest BCUT2D eigenvalue weighted by Gasteiger charge is 2.17. The fourth-order valence-corrected chi connectivity index (χ4v) is 1.45. The molecular weight excluding hydrogens is 210 g/mol. The molecule has 0 fully saturated rings. The van der Waals surface area contributed by atoms with Gasteiger partial charge in [0.25, 0.3) is 0 Å². The highest BCUT2D eigenvalue weighted by molar-refractivity contribution is 5.32. The average Bonchev–Trinajstić information content (AvgIpc) is 2.36. The van der Waals surface area contributed by atoms with Crippen LogP contribution in [0.4, 0.5) is 0 Å². The topological polar surface area (TPSA) is 21.6 Å². The van der Waals surface area contributed by atoms with Gasteiger partial charge in [-0.1, -0.05) is 33.4 Å². The number of allylic oxidation sites excluding steroid dienone is 3. The summed E-state index contributed by atoms with van der Waals surface area (Å²) in [5, 5.41) is 0. The van der Waals surface area contributed by atoms with Gasteiger partial charge in [-0.05, 0) is 37.1 Å². The minimum atomic E-state index is 0.234. The van der Waals surface area contributed by atoms with Crippen LogP contribution in [0, 0.1) is 11.3 Å². The Bertz CT molecular complexity index is 350. The second kappa shape index (κ2) is 5.85.